The van der Waals surface area contributed by atoms with Crippen LogP contribution in [0.25, 0.3) is 0 Å². The van der Waals surface area contributed by atoms with Crippen LogP contribution in [0.5, 0.6) is 0 Å². The standard InChI is InChI=1S/C19H23N3O4/c1-10(2)15-13-14(17(24)22(16(13)23)8-9-26-3)19(21-15)11-6-4-5-7-12(11)20-18(19)25/h4-7,10,13-15,21H,8-9H2,1-3H3,(H,20,25)/p+1/t13-,14-,15-,19+/m0/s1. The first kappa shape index (κ1) is 17.2. The van der Waals surface area contributed by atoms with Crippen LogP contribution in [0, 0.1) is 17.8 Å². The molecule has 0 radical (unpaired) electrons. The summed E-state index contributed by atoms with van der Waals surface area (Å²) in [4.78, 5) is 40.7. The van der Waals surface area contributed by atoms with Crippen molar-refractivity contribution in [3.05, 3.63) is 29.8 Å². The highest BCUT2D eigenvalue weighted by Crippen LogP contribution is 2.49. The molecule has 4 atom stereocenters. The number of carbonyl (C=O) groups is 3. The highest BCUT2D eigenvalue weighted by atomic mass is 16.5. The second-order valence-corrected chi connectivity index (χ2v) is 7.68. The summed E-state index contributed by atoms with van der Waals surface area (Å²) < 4.78 is 5.06. The van der Waals surface area contributed by atoms with Gasteiger partial charge < -0.3 is 15.4 Å². The molecule has 7 nitrogen and oxygen atoms in total. The quantitative estimate of drug-likeness (QED) is 0.722. The van der Waals surface area contributed by atoms with E-state index in [1.54, 1.807) is 7.11 Å². The van der Waals surface area contributed by atoms with Gasteiger partial charge in [0.25, 0.3) is 5.91 Å². The number of fused-ring (bicyclic) bond motifs is 4. The number of ether oxygens (including phenoxy) is 1. The fourth-order valence-electron chi connectivity index (χ4n) is 4.91. The molecule has 3 amide bonds. The molecular weight excluding hydrogens is 334 g/mol. The van der Waals surface area contributed by atoms with Gasteiger partial charge in [0.2, 0.25) is 17.4 Å². The maximum atomic E-state index is 13.2. The Balaban J connectivity index is 1.85. The van der Waals surface area contributed by atoms with Crippen molar-refractivity contribution in [2.45, 2.75) is 25.4 Å². The molecule has 0 saturated carbocycles. The smallest absolute Gasteiger partial charge is 0.291 e. The van der Waals surface area contributed by atoms with Crippen LogP contribution >= 0.6 is 0 Å². The van der Waals surface area contributed by atoms with Gasteiger partial charge >= 0.3 is 0 Å². The van der Waals surface area contributed by atoms with Gasteiger partial charge in [0.1, 0.15) is 17.9 Å². The number of para-hydroxylation sites is 1. The van der Waals surface area contributed by atoms with Crippen molar-refractivity contribution < 1.29 is 24.4 Å². The van der Waals surface area contributed by atoms with E-state index in [2.05, 4.69) is 5.32 Å². The van der Waals surface area contributed by atoms with Crippen LogP contribution in [-0.2, 0) is 24.7 Å². The molecular formula is C19H24N3O4+. The van der Waals surface area contributed by atoms with E-state index in [0.29, 0.717) is 6.61 Å². The zero-order chi connectivity index (χ0) is 18.6. The molecule has 2 fully saturated rings. The minimum Gasteiger partial charge on any atom is -0.383 e. The van der Waals surface area contributed by atoms with Crippen molar-refractivity contribution >= 4 is 23.4 Å². The Morgan fingerprint density at radius 2 is 1.96 bits per heavy atom. The summed E-state index contributed by atoms with van der Waals surface area (Å²) in [6.45, 7) is 4.59. The number of imide groups is 1. The second kappa shape index (κ2) is 5.89. The van der Waals surface area contributed by atoms with E-state index in [-0.39, 0.29) is 36.2 Å². The summed E-state index contributed by atoms with van der Waals surface area (Å²) in [6, 6.07) is 7.34. The number of likely N-dealkylation sites (tertiary alicyclic amines) is 1. The van der Waals surface area contributed by atoms with Gasteiger partial charge in [0.05, 0.1) is 18.8 Å². The topological polar surface area (TPSA) is 92.3 Å². The Morgan fingerprint density at radius 1 is 1.23 bits per heavy atom. The van der Waals surface area contributed by atoms with Gasteiger partial charge in [-0.2, -0.15) is 0 Å². The molecule has 0 unspecified atom stereocenters. The first-order valence-corrected chi connectivity index (χ1v) is 9.04. The lowest BCUT2D eigenvalue weighted by atomic mass is 9.76. The molecule has 26 heavy (non-hydrogen) atoms. The van der Waals surface area contributed by atoms with Gasteiger partial charge in [0, 0.05) is 18.6 Å². The number of carbonyl (C=O) groups excluding carboxylic acids is 3. The molecule has 0 aliphatic carbocycles. The number of nitrogens with one attached hydrogen (secondary N) is 1. The third kappa shape index (κ3) is 2.04. The lowest BCUT2D eigenvalue weighted by Crippen LogP contribution is -2.99. The van der Waals surface area contributed by atoms with Crippen LogP contribution in [0.1, 0.15) is 19.4 Å². The summed E-state index contributed by atoms with van der Waals surface area (Å²) in [5, 5.41) is 4.89. The molecule has 1 aromatic rings. The molecule has 7 heteroatoms. The van der Waals surface area contributed by atoms with E-state index in [0.717, 1.165) is 11.3 Å². The number of methoxy groups -OCH3 is 1. The molecule has 1 aromatic carbocycles. The van der Waals surface area contributed by atoms with E-state index >= 15 is 0 Å². The first-order chi connectivity index (χ1) is 12.4. The van der Waals surface area contributed by atoms with E-state index in [4.69, 9.17) is 4.74 Å². The highest BCUT2D eigenvalue weighted by Gasteiger charge is 2.74. The summed E-state index contributed by atoms with van der Waals surface area (Å²) in [6.07, 6.45) is 0. The molecule has 138 valence electrons. The first-order valence-electron chi connectivity index (χ1n) is 9.04. The summed E-state index contributed by atoms with van der Waals surface area (Å²) in [5.41, 5.74) is 0.468. The van der Waals surface area contributed by atoms with E-state index in [1.165, 1.54) is 4.90 Å². The van der Waals surface area contributed by atoms with Crippen molar-refractivity contribution in [2.24, 2.45) is 17.8 Å². The van der Waals surface area contributed by atoms with Gasteiger partial charge in [-0.05, 0) is 6.07 Å². The molecule has 3 aliphatic rings. The average molecular weight is 358 g/mol. The maximum absolute atomic E-state index is 13.2. The zero-order valence-electron chi connectivity index (χ0n) is 15.2. The summed E-state index contributed by atoms with van der Waals surface area (Å²) >= 11 is 0. The van der Waals surface area contributed by atoms with Crippen LogP contribution in [0.4, 0.5) is 5.69 Å². The van der Waals surface area contributed by atoms with Crippen molar-refractivity contribution in [3.8, 4) is 0 Å². The minimum absolute atomic E-state index is 0.124. The van der Waals surface area contributed by atoms with Gasteiger partial charge in [-0.15, -0.1) is 0 Å². The number of nitrogens with two attached hydrogens (primary N) is 1. The van der Waals surface area contributed by atoms with Gasteiger partial charge in [-0.3, -0.25) is 19.3 Å². The summed E-state index contributed by atoms with van der Waals surface area (Å²) in [5.74, 6) is -1.66. The molecule has 0 aromatic heterocycles. The predicted octanol–water partition coefficient (Wildman–Crippen LogP) is -0.317. The van der Waals surface area contributed by atoms with Crippen LogP contribution in [-0.4, -0.2) is 48.9 Å². The van der Waals surface area contributed by atoms with Gasteiger partial charge in [-0.25, -0.2) is 0 Å². The van der Waals surface area contributed by atoms with E-state index in [9.17, 15) is 14.4 Å². The highest BCUT2D eigenvalue weighted by molar-refractivity contribution is 6.13. The third-order valence-electron chi connectivity index (χ3n) is 6.09. The number of quaternary nitrogens is 1. The number of benzene rings is 1. The van der Waals surface area contributed by atoms with Crippen molar-refractivity contribution in [1.29, 1.82) is 0 Å². The number of hydrogen-bond donors (Lipinski definition) is 2. The van der Waals surface area contributed by atoms with Gasteiger partial charge in [-0.1, -0.05) is 32.0 Å². The maximum Gasteiger partial charge on any atom is 0.291 e. The lowest BCUT2D eigenvalue weighted by molar-refractivity contribution is -0.738. The molecule has 1 spiro atoms. The van der Waals surface area contributed by atoms with Crippen LogP contribution in [0.15, 0.2) is 24.3 Å². The number of hydrogen-bond acceptors (Lipinski definition) is 4. The monoisotopic (exact) mass is 358 g/mol. The van der Waals surface area contributed by atoms with Gasteiger partial charge in [0.15, 0.2) is 0 Å². The van der Waals surface area contributed by atoms with Crippen molar-refractivity contribution in [1.82, 2.24) is 4.90 Å². The lowest BCUT2D eigenvalue weighted by Gasteiger charge is -2.27. The third-order valence-corrected chi connectivity index (χ3v) is 6.09. The van der Waals surface area contributed by atoms with Crippen LogP contribution in [0.3, 0.4) is 0 Å². The van der Waals surface area contributed by atoms with Crippen LogP contribution < -0.4 is 10.6 Å². The number of anilines is 1. The number of amides is 3. The molecule has 3 heterocycles. The van der Waals surface area contributed by atoms with Crippen molar-refractivity contribution in [3.63, 3.8) is 0 Å². The zero-order valence-corrected chi connectivity index (χ0v) is 15.2. The Bertz CT molecular complexity index is 793. The Kier molecular flexibility index (Phi) is 3.89. The number of nitrogens with zero attached hydrogens (tertiary/aromatic N) is 1. The fraction of sp³-hybridized carbons (Fsp3) is 0.526. The molecule has 4 rings (SSSR count). The minimum atomic E-state index is -1.06. The fourth-order valence-corrected chi connectivity index (χ4v) is 4.91. The predicted molar refractivity (Wildman–Crippen MR) is 92.9 cm³/mol. The van der Waals surface area contributed by atoms with E-state index in [1.807, 2.05) is 43.4 Å². The molecule has 0 bridgehead atoms. The molecule has 3 aliphatic heterocycles. The van der Waals surface area contributed by atoms with Crippen molar-refractivity contribution in [2.75, 3.05) is 25.6 Å². The Hall–Kier alpha value is -2.25. The van der Waals surface area contributed by atoms with E-state index < -0.39 is 17.4 Å². The normalized spacial score (nSPS) is 32.5. The molecule has 2 saturated heterocycles. The summed E-state index contributed by atoms with van der Waals surface area (Å²) in [7, 11) is 1.54. The van der Waals surface area contributed by atoms with Crippen LogP contribution in [0.2, 0.25) is 0 Å². The number of rotatable bonds is 4. The molecule has 3 N–H and O–H groups in total. The second-order valence-electron chi connectivity index (χ2n) is 7.68. The Morgan fingerprint density at radius 3 is 2.65 bits per heavy atom. The Labute approximate surface area is 152 Å². The largest absolute Gasteiger partial charge is 0.383 e. The average Bonchev–Trinajstić information content (AvgIpc) is 3.20. The SMILES string of the molecule is COCCN1C(=O)[C@H]2[C@@H](C1=O)[C@@]1([NH2+][C@H]2C(C)C)C(=O)Nc2ccccc21.